The van der Waals surface area contributed by atoms with Gasteiger partial charge in [0.2, 0.25) is 0 Å². The number of ether oxygens (including phenoxy) is 1. The molecule has 4 rings (SSSR count). The van der Waals surface area contributed by atoms with Crippen molar-refractivity contribution in [2.24, 2.45) is 5.41 Å². The first-order chi connectivity index (χ1) is 14.5. The molecule has 0 aromatic carbocycles. The molecule has 3 aliphatic heterocycles. The Bertz CT molecular complexity index is 736. The first-order valence-electron chi connectivity index (χ1n) is 10.9. The number of amides is 1. The van der Waals surface area contributed by atoms with Crippen molar-refractivity contribution >= 4 is 18.3 Å². The molecule has 3 aliphatic rings. The van der Waals surface area contributed by atoms with Crippen LogP contribution in [0, 0.1) is 5.41 Å². The lowest BCUT2D eigenvalue weighted by molar-refractivity contribution is -0.151. The molecule has 1 aromatic rings. The van der Waals surface area contributed by atoms with Crippen molar-refractivity contribution < 1.29 is 24.2 Å². The number of carbonyl (C=O) groups excluding carboxylic acids is 2. The molecule has 9 heteroatoms. The zero-order valence-corrected chi connectivity index (χ0v) is 17.6. The molecule has 166 valence electrons. The van der Waals surface area contributed by atoms with Gasteiger partial charge in [0.25, 0.3) is 12.4 Å². The molecule has 0 radical (unpaired) electrons. The Morgan fingerprint density at radius 1 is 1.33 bits per heavy atom. The van der Waals surface area contributed by atoms with E-state index in [0.29, 0.717) is 31.6 Å². The number of hydrogen-bond acceptors (Lipinski definition) is 6. The second-order valence-electron chi connectivity index (χ2n) is 8.45. The molecule has 0 aliphatic carbocycles. The number of aromatic amines is 1. The average molecular weight is 421 g/mol. The molecule has 4 heterocycles. The smallest absolute Gasteiger partial charge is 0.312 e. The minimum absolute atomic E-state index is 0.0146. The van der Waals surface area contributed by atoms with Crippen LogP contribution in [0.15, 0.2) is 6.07 Å². The third kappa shape index (κ3) is 5.00. The quantitative estimate of drug-likeness (QED) is 0.550. The fourth-order valence-corrected chi connectivity index (χ4v) is 4.77. The second-order valence-corrected chi connectivity index (χ2v) is 8.45. The van der Waals surface area contributed by atoms with Gasteiger partial charge < -0.3 is 14.7 Å². The van der Waals surface area contributed by atoms with Crippen molar-refractivity contribution in [3.63, 3.8) is 0 Å². The van der Waals surface area contributed by atoms with Gasteiger partial charge in [-0.15, -0.1) is 0 Å². The molecule has 9 nitrogen and oxygen atoms in total. The molecular weight excluding hydrogens is 388 g/mol. The molecule has 1 amide bonds. The standard InChI is InChI=1S/C20H30N4O3.CH2O2/c1-2-5-15-12-17(22-21-15)18(25)24-10-6-20(7-11-24)13-16(27-19(20)26)14-23-8-3-4-9-23;2-1-3/h12,16H,2-11,13-14H2,1H3,(H,21,22);1H,(H,2,3). The number of nitrogens with zero attached hydrogens (tertiary/aromatic N) is 3. The molecule has 1 spiro atoms. The molecular formula is C21H32N4O5. The normalized spacial score (nSPS) is 23.2. The van der Waals surface area contributed by atoms with E-state index < -0.39 is 0 Å². The van der Waals surface area contributed by atoms with E-state index in [0.717, 1.165) is 44.6 Å². The predicted molar refractivity (Wildman–Crippen MR) is 109 cm³/mol. The molecule has 2 N–H and O–H groups in total. The zero-order chi connectivity index (χ0) is 21.6. The van der Waals surface area contributed by atoms with Gasteiger partial charge in [-0.2, -0.15) is 5.10 Å². The van der Waals surface area contributed by atoms with Gasteiger partial charge in [-0.1, -0.05) is 13.3 Å². The molecule has 30 heavy (non-hydrogen) atoms. The van der Waals surface area contributed by atoms with Gasteiger partial charge >= 0.3 is 5.97 Å². The number of aryl methyl sites for hydroxylation is 1. The van der Waals surface area contributed by atoms with Gasteiger partial charge in [-0.3, -0.25) is 24.4 Å². The van der Waals surface area contributed by atoms with Gasteiger partial charge in [-0.05, 0) is 51.3 Å². The highest BCUT2D eigenvalue weighted by Gasteiger charge is 2.51. The number of H-pyrrole nitrogens is 1. The van der Waals surface area contributed by atoms with E-state index in [2.05, 4.69) is 22.0 Å². The summed E-state index contributed by atoms with van der Waals surface area (Å²) in [6, 6.07) is 1.85. The maximum Gasteiger partial charge on any atom is 0.312 e. The summed E-state index contributed by atoms with van der Waals surface area (Å²) < 4.78 is 5.73. The van der Waals surface area contributed by atoms with E-state index in [9.17, 15) is 9.59 Å². The number of esters is 1. The van der Waals surface area contributed by atoms with Crippen LogP contribution >= 0.6 is 0 Å². The molecule has 1 unspecified atom stereocenters. The predicted octanol–water partition coefficient (Wildman–Crippen LogP) is 1.70. The van der Waals surface area contributed by atoms with Gasteiger partial charge in [0.15, 0.2) is 0 Å². The Morgan fingerprint density at radius 2 is 2.00 bits per heavy atom. The summed E-state index contributed by atoms with van der Waals surface area (Å²) in [5.41, 5.74) is 1.09. The number of nitrogens with one attached hydrogen (secondary N) is 1. The average Bonchev–Trinajstić information content (AvgIpc) is 3.46. The van der Waals surface area contributed by atoms with E-state index >= 15 is 0 Å². The number of carbonyl (C=O) groups is 3. The van der Waals surface area contributed by atoms with Crippen molar-refractivity contribution in [3.05, 3.63) is 17.5 Å². The minimum Gasteiger partial charge on any atom is -0.483 e. The molecule has 3 saturated heterocycles. The van der Waals surface area contributed by atoms with Crippen LogP contribution < -0.4 is 0 Å². The summed E-state index contributed by atoms with van der Waals surface area (Å²) in [7, 11) is 0. The number of hydrogen-bond donors (Lipinski definition) is 2. The summed E-state index contributed by atoms with van der Waals surface area (Å²) >= 11 is 0. The Labute approximate surface area is 176 Å². The second kappa shape index (κ2) is 10.1. The fraction of sp³-hybridized carbons (Fsp3) is 0.714. The van der Waals surface area contributed by atoms with Crippen LogP contribution in [0.5, 0.6) is 0 Å². The van der Waals surface area contributed by atoms with Crippen LogP contribution in [0.2, 0.25) is 0 Å². The van der Waals surface area contributed by atoms with Gasteiger partial charge in [-0.25, -0.2) is 0 Å². The lowest BCUT2D eigenvalue weighted by Gasteiger charge is -2.36. The lowest BCUT2D eigenvalue weighted by atomic mass is 9.76. The summed E-state index contributed by atoms with van der Waals surface area (Å²) in [5.74, 6) is -0.0905. The fourth-order valence-electron chi connectivity index (χ4n) is 4.77. The highest BCUT2D eigenvalue weighted by Crippen LogP contribution is 2.43. The highest BCUT2D eigenvalue weighted by molar-refractivity contribution is 5.92. The zero-order valence-electron chi connectivity index (χ0n) is 17.6. The largest absolute Gasteiger partial charge is 0.483 e. The van der Waals surface area contributed by atoms with Crippen molar-refractivity contribution in [2.45, 2.75) is 58.0 Å². The first kappa shape index (κ1) is 22.3. The van der Waals surface area contributed by atoms with Gasteiger partial charge in [0.05, 0.1) is 5.41 Å². The monoisotopic (exact) mass is 420 g/mol. The maximum absolute atomic E-state index is 12.7. The van der Waals surface area contributed by atoms with E-state index in [1.807, 2.05) is 11.0 Å². The van der Waals surface area contributed by atoms with Crippen LogP contribution in [-0.2, 0) is 20.7 Å². The summed E-state index contributed by atoms with van der Waals surface area (Å²) in [4.78, 5) is 37.9. The number of carboxylic acid groups (broad SMARTS) is 1. The number of cyclic esters (lactones) is 1. The number of rotatable bonds is 5. The lowest BCUT2D eigenvalue weighted by Crippen LogP contribution is -2.45. The molecule has 0 bridgehead atoms. The van der Waals surface area contributed by atoms with Crippen LogP contribution in [-0.4, -0.2) is 82.3 Å². The molecule has 3 fully saturated rings. The van der Waals surface area contributed by atoms with Crippen molar-refractivity contribution in [3.8, 4) is 0 Å². The molecule has 1 atom stereocenters. The van der Waals surface area contributed by atoms with Crippen LogP contribution in [0.25, 0.3) is 0 Å². The maximum atomic E-state index is 12.7. The third-order valence-corrected chi connectivity index (χ3v) is 6.36. The summed E-state index contributed by atoms with van der Waals surface area (Å²) in [6.07, 6.45) is 6.61. The Balaban J connectivity index is 0.000000806. The van der Waals surface area contributed by atoms with E-state index in [1.165, 1.54) is 12.8 Å². The van der Waals surface area contributed by atoms with Crippen molar-refractivity contribution in [2.75, 3.05) is 32.7 Å². The van der Waals surface area contributed by atoms with E-state index in [4.69, 9.17) is 14.6 Å². The van der Waals surface area contributed by atoms with Crippen LogP contribution in [0.3, 0.4) is 0 Å². The third-order valence-electron chi connectivity index (χ3n) is 6.36. The molecule has 1 aromatic heterocycles. The van der Waals surface area contributed by atoms with Gasteiger partial charge in [0, 0.05) is 31.7 Å². The summed E-state index contributed by atoms with van der Waals surface area (Å²) in [5, 5.41) is 14.0. The van der Waals surface area contributed by atoms with Gasteiger partial charge in [0.1, 0.15) is 11.8 Å². The number of aromatic nitrogens is 2. The first-order valence-corrected chi connectivity index (χ1v) is 10.9. The van der Waals surface area contributed by atoms with Crippen molar-refractivity contribution in [1.82, 2.24) is 20.0 Å². The number of piperidine rings is 1. The summed E-state index contributed by atoms with van der Waals surface area (Å²) in [6.45, 7) is 6.15. The van der Waals surface area contributed by atoms with Crippen molar-refractivity contribution in [1.29, 1.82) is 0 Å². The Kier molecular flexibility index (Phi) is 7.47. The topological polar surface area (TPSA) is 116 Å². The van der Waals surface area contributed by atoms with E-state index in [1.54, 1.807) is 0 Å². The van der Waals surface area contributed by atoms with E-state index in [-0.39, 0.29) is 29.9 Å². The Morgan fingerprint density at radius 3 is 2.63 bits per heavy atom. The number of likely N-dealkylation sites (tertiary alicyclic amines) is 2. The Hall–Kier alpha value is -2.42. The van der Waals surface area contributed by atoms with Crippen LogP contribution in [0.4, 0.5) is 0 Å². The van der Waals surface area contributed by atoms with Crippen LogP contribution in [0.1, 0.15) is 61.6 Å². The SMILES string of the molecule is CCCc1cc(C(=O)N2CCC3(CC2)CC(CN2CCCC2)OC3=O)n[nH]1.O=CO. The minimum atomic E-state index is -0.389. The highest BCUT2D eigenvalue weighted by atomic mass is 16.6. The molecule has 0 saturated carbocycles.